The molecule has 0 spiro atoms. The smallest absolute Gasteiger partial charge is 0.391 e. The zero-order valence-corrected chi connectivity index (χ0v) is 9.51. The molecule has 1 heterocycles. The highest BCUT2D eigenvalue weighted by molar-refractivity contribution is 5.78. The third-order valence-electron chi connectivity index (χ3n) is 2.64. The fraction of sp³-hybridized carbons (Fsp3) is 0.333. The minimum absolute atomic E-state index is 0.0186. The van der Waals surface area contributed by atoms with E-state index in [1.165, 1.54) is 25.2 Å². The summed E-state index contributed by atoms with van der Waals surface area (Å²) in [5, 5.41) is 2.97. The first-order valence-electron chi connectivity index (χ1n) is 5.32. The quantitative estimate of drug-likeness (QED) is 0.850. The highest BCUT2D eigenvalue weighted by Gasteiger charge is 2.33. The molecule has 0 amide bonds. The molecule has 1 aromatic heterocycles. The van der Waals surface area contributed by atoms with Crippen LogP contribution in [0.1, 0.15) is 18.2 Å². The monoisotopic (exact) mass is 261 g/mol. The Balaban J connectivity index is 2.37. The van der Waals surface area contributed by atoms with Crippen LogP contribution in [-0.4, -0.2) is 13.2 Å². The number of hydrogen-bond acceptors (Lipinski definition) is 2. The molecule has 1 aromatic carbocycles. The van der Waals surface area contributed by atoms with Crippen LogP contribution in [0.25, 0.3) is 11.0 Å². The van der Waals surface area contributed by atoms with E-state index in [9.17, 15) is 17.6 Å². The maximum absolute atomic E-state index is 13.4. The van der Waals surface area contributed by atoms with Crippen LogP contribution in [0.5, 0.6) is 0 Å². The molecule has 18 heavy (non-hydrogen) atoms. The molecule has 0 saturated carbocycles. The molecule has 0 aliphatic carbocycles. The van der Waals surface area contributed by atoms with Gasteiger partial charge < -0.3 is 9.73 Å². The van der Waals surface area contributed by atoms with Gasteiger partial charge in [-0.3, -0.25) is 0 Å². The molecule has 0 aliphatic rings. The Hall–Kier alpha value is -1.56. The summed E-state index contributed by atoms with van der Waals surface area (Å²) in [5.41, 5.74) is -0.0186. The first-order chi connectivity index (χ1) is 8.40. The zero-order chi connectivity index (χ0) is 13.3. The SMILES string of the molecule is CNC(CC(F)(F)F)c1cc2cccc(F)c2o1. The number of halogens is 4. The fourth-order valence-corrected chi connectivity index (χ4v) is 1.80. The summed E-state index contributed by atoms with van der Waals surface area (Å²) < 4.78 is 55.6. The van der Waals surface area contributed by atoms with Crippen molar-refractivity contribution in [2.45, 2.75) is 18.6 Å². The zero-order valence-electron chi connectivity index (χ0n) is 9.51. The van der Waals surface area contributed by atoms with Gasteiger partial charge in [0.2, 0.25) is 0 Å². The molecule has 0 fully saturated rings. The van der Waals surface area contributed by atoms with Crippen molar-refractivity contribution < 1.29 is 22.0 Å². The number of fused-ring (bicyclic) bond motifs is 1. The minimum Gasteiger partial charge on any atom is -0.456 e. The fourth-order valence-electron chi connectivity index (χ4n) is 1.80. The van der Waals surface area contributed by atoms with Crippen molar-refractivity contribution in [1.82, 2.24) is 5.32 Å². The Kier molecular flexibility index (Phi) is 3.30. The largest absolute Gasteiger partial charge is 0.456 e. The van der Waals surface area contributed by atoms with E-state index in [4.69, 9.17) is 4.42 Å². The van der Waals surface area contributed by atoms with Gasteiger partial charge in [-0.2, -0.15) is 13.2 Å². The molecule has 1 N–H and O–H groups in total. The van der Waals surface area contributed by atoms with E-state index in [0.717, 1.165) is 0 Å². The molecule has 2 nitrogen and oxygen atoms in total. The first kappa shape index (κ1) is 12.9. The topological polar surface area (TPSA) is 25.2 Å². The summed E-state index contributed by atoms with van der Waals surface area (Å²) >= 11 is 0. The molecular formula is C12H11F4NO. The van der Waals surface area contributed by atoms with Crippen LogP contribution in [0.3, 0.4) is 0 Å². The second kappa shape index (κ2) is 4.61. The Morgan fingerprint density at radius 3 is 2.61 bits per heavy atom. The molecule has 0 bridgehead atoms. The summed E-state index contributed by atoms with van der Waals surface area (Å²) in [6, 6.07) is 4.68. The second-order valence-electron chi connectivity index (χ2n) is 3.97. The van der Waals surface area contributed by atoms with Crippen molar-refractivity contribution in [3.63, 3.8) is 0 Å². The maximum Gasteiger partial charge on any atom is 0.391 e. The van der Waals surface area contributed by atoms with Crippen molar-refractivity contribution in [2.24, 2.45) is 0 Å². The van der Waals surface area contributed by atoms with Crippen molar-refractivity contribution in [1.29, 1.82) is 0 Å². The summed E-state index contributed by atoms with van der Waals surface area (Å²) in [6.07, 6.45) is -5.38. The van der Waals surface area contributed by atoms with Crippen LogP contribution in [0, 0.1) is 5.82 Å². The van der Waals surface area contributed by atoms with Crippen LogP contribution in [0.15, 0.2) is 28.7 Å². The Bertz CT molecular complexity index is 546. The molecule has 1 atom stereocenters. The Morgan fingerprint density at radius 2 is 2.06 bits per heavy atom. The molecule has 0 radical (unpaired) electrons. The van der Waals surface area contributed by atoms with Crippen LogP contribution in [0.2, 0.25) is 0 Å². The minimum atomic E-state index is -4.31. The predicted molar refractivity (Wildman–Crippen MR) is 58.6 cm³/mol. The molecule has 1 unspecified atom stereocenters. The summed E-state index contributed by atoms with van der Waals surface area (Å²) in [4.78, 5) is 0. The van der Waals surface area contributed by atoms with E-state index in [2.05, 4.69) is 5.32 Å². The standard InChI is InChI=1S/C12H11F4NO/c1-17-9(6-12(14,15)16)10-5-7-3-2-4-8(13)11(7)18-10/h2-5,9,17H,6H2,1H3. The number of nitrogens with one attached hydrogen (secondary N) is 1. The van der Waals surface area contributed by atoms with Crippen molar-refractivity contribution in [3.8, 4) is 0 Å². The lowest BCUT2D eigenvalue weighted by atomic mass is 10.1. The normalized spacial score (nSPS) is 14.1. The van der Waals surface area contributed by atoms with E-state index in [1.54, 1.807) is 6.07 Å². The lowest BCUT2D eigenvalue weighted by Crippen LogP contribution is -2.23. The highest BCUT2D eigenvalue weighted by Crippen LogP contribution is 2.32. The van der Waals surface area contributed by atoms with Gasteiger partial charge in [-0.15, -0.1) is 0 Å². The molecule has 98 valence electrons. The summed E-state index contributed by atoms with van der Waals surface area (Å²) in [6.45, 7) is 0. The van der Waals surface area contributed by atoms with Gasteiger partial charge in [0.25, 0.3) is 0 Å². The van der Waals surface area contributed by atoms with Gasteiger partial charge in [-0.25, -0.2) is 4.39 Å². The molecule has 2 aromatic rings. The van der Waals surface area contributed by atoms with E-state index >= 15 is 0 Å². The summed E-state index contributed by atoms with van der Waals surface area (Å²) in [7, 11) is 1.40. The van der Waals surface area contributed by atoms with E-state index in [1.807, 2.05) is 0 Å². The number of alkyl halides is 3. The van der Waals surface area contributed by atoms with Crippen molar-refractivity contribution >= 4 is 11.0 Å². The van der Waals surface area contributed by atoms with Crippen LogP contribution < -0.4 is 5.32 Å². The third-order valence-corrected chi connectivity index (χ3v) is 2.64. The number of para-hydroxylation sites is 1. The molecule has 2 rings (SSSR count). The molecule has 6 heteroatoms. The second-order valence-corrected chi connectivity index (χ2v) is 3.97. The lowest BCUT2D eigenvalue weighted by Gasteiger charge is -2.15. The van der Waals surface area contributed by atoms with Crippen molar-refractivity contribution in [2.75, 3.05) is 7.05 Å². The number of hydrogen-bond donors (Lipinski definition) is 1. The molecule has 0 aliphatic heterocycles. The van der Waals surface area contributed by atoms with Crippen LogP contribution in [0.4, 0.5) is 17.6 Å². The van der Waals surface area contributed by atoms with E-state index in [0.29, 0.717) is 5.39 Å². The van der Waals surface area contributed by atoms with Gasteiger partial charge in [-0.1, -0.05) is 12.1 Å². The predicted octanol–water partition coefficient (Wildman–Crippen LogP) is 3.78. The summed E-state index contributed by atoms with van der Waals surface area (Å²) in [5.74, 6) is -0.504. The maximum atomic E-state index is 13.4. The van der Waals surface area contributed by atoms with E-state index < -0.39 is 24.5 Å². The number of benzene rings is 1. The molecule has 0 saturated heterocycles. The van der Waals surface area contributed by atoms with Gasteiger partial charge in [-0.05, 0) is 19.2 Å². The number of furan rings is 1. The average molecular weight is 261 g/mol. The highest BCUT2D eigenvalue weighted by atomic mass is 19.4. The van der Waals surface area contributed by atoms with Gasteiger partial charge in [0, 0.05) is 5.39 Å². The van der Waals surface area contributed by atoms with Crippen molar-refractivity contribution in [3.05, 3.63) is 35.8 Å². The van der Waals surface area contributed by atoms with E-state index in [-0.39, 0.29) is 11.3 Å². The van der Waals surface area contributed by atoms with Crippen LogP contribution >= 0.6 is 0 Å². The Labute approximate surface area is 101 Å². The van der Waals surface area contributed by atoms with Crippen LogP contribution in [-0.2, 0) is 0 Å². The number of rotatable bonds is 3. The van der Waals surface area contributed by atoms with Gasteiger partial charge >= 0.3 is 6.18 Å². The molecular weight excluding hydrogens is 250 g/mol. The third kappa shape index (κ3) is 2.64. The van der Waals surface area contributed by atoms with Gasteiger partial charge in [0.05, 0.1) is 12.5 Å². The average Bonchev–Trinajstić information content (AvgIpc) is 2.70. The van der Waals surface area contributed by atoms with Gasteiger partial charge in [0.1, 0.15) is 5.76 Å². The lowest BCUT2D eigenvalue weighted by molar-refractivity contribution is -0.141. The Morgan fingerprint density at radius 1 is 1.33 bits per heavy atom. The first-order valence-corrected chi connectivity index (χ1v) is 5.32. The van der Waals surface area contributed by atoms with Gasteiger partial charge in [0.15, 0.2) is 11.4 Å².